The summed E-state index contributed by atoms with van der Waals surface area (Å²) in [6.07, 6.45) is 2.16. The van der Waals surface area contributed by atoms with Gasteiger partial charge in [0.2, 0.25) is 0 Å². The Bertz CT molecular complexity index is 614. The van der Waals surface area contributed by atoms with Gasteiger partial charge in [-0.15, -0.1) is 6.58 Å². The largest absolute Gasteiger partial charge is 0.491 e. The minimum atomic E-state index is -1.82. The van der Waals surface area contributed by atoms with Crippen molar-refractivity contribution in [3.8, 4) is 5.75 Å². The Kier molecular flexibility index (Phi) is 10.1. The molecule has 0 aliphatic carbocycles. The highest BCUT2D eigenvalue weighted by Crippen LogP contribution is 2.21. The zero-order chi connectivity index (χ0) is 20.2. The van der Waals surface area contributed by atoms with Crippen LogP contribution in [0.25, 0.3) is 0 Å². The van der Waals surface area contributed by atoms with Crippen LogP contribution in [0.2, 0.25) is 0 Å². The molecular formula is C19H27NO7. The summed E-state index contributed by atoms with van der Waals surface area (Å²) in [5, 5.41) is 24.9. The maximum atomic E-state index is 10.1. The Labute approximate surface area is 158 Å². The summed E-state index contributed by atoms with van der Waals surface area (Å²) < 4.78 is 11.1. The Morgan fingerprint density at radius 3 is 2.48 bits per heavy atom. The third kappa shape index (κ3) is 9.18. The quantitative estimate of drug-likeness (QED) is 0.472. The van der Waals surface area contributed by atoms with Gasteiger partial charge in [-0.25, -0.2) is 9.59 Å². The fourth-order valence-corrected chi connectivity index (χ4v) is 2.48. The number of aliphatic carboxylic acids is 2. The molecule has 150 valence electrons. The number of β-amino-alcohol motifs (C(OH)–C–C–N with tert-alkyl or cyclic N) is 1. The summed E-state index contributed by atoms with van der Waals surface area (Å²) in [5.41, 5.74) is 2.32. The first-order chi connectivity index (χ1) is 12.8. The summed E-state index contributed by atoms with van der Waals surface area (Å²) in [5.74, 6) is -2.81. The van der Waals surface area contributed by atoms with Crippen molar-refractivity contribution in [3.63, 3.8) is 0 Å². The molecule has 1 saturated heterocycles. The monoisotopic (exact) mass is 381 g/mol. The normalized spacial score (nSPS) is 15.2. The number of morpholine rings is 1. The molecule has 3 N–H and O–H groups in total. The van der Waals surface area contributed by atoms with E-state index >= 15 is 0 Å². The fourth-order valence-electron chi connectivity index (χ4n) is 2.48. The lowest BCUT2D eigenvalue weighted by atomic mass is 10.1. The van der Waals surface area contributed by atoms with E-state index in [1.54, 1.807) is 0 Å². The van der Waals surface area contributed by atoms with Crippen molar-refractivity contribution in [3.05, 3.63) is 42.0 Å². The molecule has 1 aliphatic rings. The van der Waals surface area contributed by atoms with Gasteiger partial charge < -0.3 is 24.8 Å². The van der Waals surface area contributed by atoms with Crippen molar-refractivity contribution in [2.24, 2.45) is 0 Å². The van der Waals surface area contributed by atoms with E-state index in [0.29, 0.717) is 13.2 Å². The van der Waals surface area contributed by atoms with E-state index in [1.807, 2.05) is 18.2 Å². The summed E-state index contributed by atoms with van der Waals surface area (Å²) in [7, 11) is 0. The number of hydrogen-bond donors (Lipinski definition) is 3. The molecule has 1 heterocycles. The second-order valence-electron chi connectivity index (χ2n) is 6.09. The Morgan fingerprint density at radius 2 is 1.93 bits per heavy atom. The number of aliphatic hydroxyl groups is 1. The average Bonchev–Trinajstić information content (AvgIpc) is 2.62. The number of rotatable bonds is 7. The number of carboxylic acids is 2. The van der Waals surface area contributed by atoms with Gasteiger partial charge in [-0.2, -0.15) is 0 Å². The van der Waals surface area contributed by atoms with Gasteiger partial charge in [0.1, 0.15) is 18.5 Å². The first-order valence-electron chi connectivity index (χ1n) is 8.61. The molecule has 0 bridgehead atoms. The van der Waals surface area contributed by atoms with Gasteiger partial charge >= 0.3 is 11.9 Å². The molecule has 1 unspecified atom stereocenters. The Morgan fingerprint density at radius 1 is 1.30 bits per heavy atom. The van der Waals surface area contributed by atoms with Crippen molar-refractivity contribution in [1.82, 2.24) is 4.90 Å². The van der Waals surface area contributed by atoms with Crippen molar-refractivity contribution in [2.45, 2.75) is 19.4 Å². The van der Waals surface area contributed by atoms with Gasteiger partial charge in [-0.05, 0) is 25.0 Å². The first kappa shape index (κ1) is 22.6. The lowest BCUT2D eigenvalue weighted by Crippen LogP contribution is -2.42. The van der Waals surface area contributed by atoms with E-state index in [1.165, 1.54) is 5.56 Å². The number of aryl methyl sites for hydroxylation is 1. The van der Waals surface area contributed by atoms with Crippen LogP contribution in [0.4, 0.5) is 0 Å². The van der Waals surface area contributed by atoms with Crippen LogP contribution in [0.1, 0.15) is 11.1 Å². The zero-order valence-electron chi connectivity index (χ0n) is 15.5. The lowest BCUT2D eigenvalue weighted by molar-refractivity contribution is -0.159. The van der Waals surface area contributed by atoms with Crippen LogP contribution < -0.4 is 4.74 Å². The molecule has 1 aliphatic heterocycles. The van der Waals surface area contributed by atoms with Crippen LogP contribution in [0.5, 0.6) is 5.75 Å². The van der Waals surface area contributed by atoms with Gasteiger partial charge in [-0.3, -0.25) is 4.90 Å². The van der Waals surface area contributed by atoms with Crippen molar-refractivity contribution >= 4 is 11.9 Å². The first-order valence-corrected chi connectivity index (χ1v) is 8.61. The number of aliphatic hydroxyl groups excluding tert-OH is 1. The van der Waals surface area contributed by atoms with Crippen LogP contribution in [0.3, 0.4) is 0 Å². The number of carboxylic acid groups (broad SMARTS) is 2. The van der Waals surface area contributed by atoms with Gasteiger partial charge in [0.05, 0.1) is 13.2 Å². The molecule has 1 atom stereocenters. The molecule has 0 amide bonds. The van der Waals surface area contributed by atoms with E-state index in [2.05, 4.69) is 24.5 Å². The minimum Gasteiger partial charge on any atom is -0.491 e. The third-order valence-electron chi connectivity index (χ3n) is 3.77. The van der Waals surface area contributed by atoms with Crippen LogP contribution in [-0.4, -0.2) is 77.7 Å². The van der Waals surface area contributed by atoms with Crippen molar-refractivity contribution < 1.29 is 34.4 Å². The Hall–Kier alpha value is -2.42. The highest BCUT2D eigenvalue weighted by molar-refractivity contribution is 6.27. The predicted molar refractivity (Wildman–Crippen MR) is 99.1 cm³/mol. The number of carbonyl (C=O) groups is 2. The van der Waals surface area contributed by atoms with E-state index in [-0.39, 0.29) is 0 Å². The number of benzene rings is 1. The molecule has 27 heavy (non-hydrogen) atoms. The molecule has 8 nitrogen and oxygen atoms in total. The summed E-state index contributed by atoms with van der Waals surface area (Å²) in [4.78, 5) is 20.4. The van der Waals surface area contributed by atoms with E-state index < -0.39 is 18.0 Å². The smallest absolute Gasteiger partial charge is 0.414 e. The third-order valence-corrected chi connectivity index (χ3v) is 3.77. The summed E-state index contributed by atoms with van der Waals surface area (Å²) in [6.45, 7) is 10.0. The maximum absolute atomic E-state index is 10.1. The van der Waals surface area contributed by atoms with Crippen LogP contribution in [-0.2, 0) is 20.7 Å². The van der Waals surface area contributed by atoms with Crippen LogP contribution in [0, 0.1) is 6.92 Å². The standard InChI is InChI=1S/C17H25NO3.C2H2O4/c1-3-4-15-11-14(2)5-6-17(15)21-13-16(19)12-18-7-9-20-10-8-18;3-1(4)2(5)6/h3,5-6,11,16,19H,1,4,7-10,12-13H2,2H3;(H,3,4)(H,5,6). The van der Waals surface area contributed by atoms with Gasteiger partial charge in [0.15, 0.2) is 0 Å². The molecule has 8 heteroatoms. The highest BCUT2D eigenvalue weighted by atomic mass is 16.5. The van der Waals surface area contributed by atoms with Crippen LogP contribution >= 0.6 is 0 Å². The number of ether oxygens (including phenoxy) is 2. The second kappa shape index (κ2) is 12.1. The fraction of sp³-hybridized carbons (Fsp3) is 0.474. The number of hydrogen-bond acceptors (Lipinski definition) is 6. The topological polar surface area (TPSA) is 117 Å². The highest BCUT2D eigenvalue weighted by Gasteiger charge is 2.15. The van der Waals surface area contributed by atoms with E-state index in [0.717, 1.165) is 44.0 Å². The molecule has 2 rings (SSSR count). The second-order valence-corrected chi connectivity index (χ2v) is 6.09. The maximum Gasteiger partial charge on any atom is 0.414 e. The molecule has 0 spiro atoms. The molecule has 0 aromatic heterocycles. The summed E-state index contributed by atoms with van der Waals surface area (Å²) >= 11 is 0. The number of nitrogens with zero attached hydrogens (tertiary/aromatic N) is 1. The molecule has 0 saturated carbocycles. The zero-order valence-corrected chi connectivity index (χ0v) is 15.5. The molecule has 1 aromatic carbocycles. The van der Waals surface area contributed by atoms with Gasteiger partial charge in [0.25, 0.3) is 0 Å². The van der Waals surface area contributed by atoms with E-state index in [9.17, 15) is 5.11 Å². The van der Waals surface area contributed by atoms with Crippen molar-refractivity contribution in [2.75, 3.05) is 39.5 Å². The molecular weight excluding hydrogens is 354 g/mol. The molecule has 1 fully saturated rings. The lowest BCUT2D eigenvalue weighted by Gasteiger charge is -2.28. The van der Waals surface area contributed by atoms with Crippen LogP contribution in [0.15, 0.2) is 30.9 Å². The molecule has 1 aromatic rings. The predicted octanol–water partition coefficient (Wildman–Crippen LogP) is 0.951. The van der Waals surface area contributed by atoms with Gasteiger partial charge in [-0.1, -0.05) is 23.8 Å². The van der Waals surface area contributed by atoms with Crippen molar-refractivity contribution in [1.29, 1.82) is 0 Å². The van der Waals surface area contributed by atoms with Gasteiger partial charge in [0, 0.05) is 19.6 Å². The Balaban J connectivity index is 0.000000527. The molecule has 0 radical (unpaired) electrons. The average molecular weight is 381 g/mol. The SMILES string of the molecule is C=CCc1cc(C)ccc1OCC(O)CN1CCOCC1.O=C(O)C(=O)O. The minimum absolute atomic E-state index is 0.310. The number of allylic oxidation sites excluding steroid dienone is 1. The van der Waals surface area contributed by atoms with E-state index in [4.69, 9.17) is 29.3 Å². The summed E-state index contributed by atoms with van der Waals surface area (Å²) in [6, 6.07) is 6.09.